The second kappa shape index (κ2) is 5.91. The molecule has 0 spiro atoms. The number of hydrogen-bond donors (Lipinski definition) is 0. The number of thioether (sulfide) groups is 1. The Morgan fingerprint density at radius 1 is 1.35 bits per heavy atom. The summed E-state index contributed by atoms with van der Waals surface area (Å²) >= 11 is 3.06. The lowest BCUT2D eigenvalue weighted by Crippen LogP contribution is -2.02. The predicted molar refractivity (Wildman–Crippen MR) is 65.4 cm³/mol. The second-order valence-corrected chi connectivity index (χ2v) is 5.19. The Labute approximate surface area is 110 Å². The van der Waals surface area contributed by atoms with Crippen LogP contribution in [-0.4, -0.2) is 11.3 Å². The molecule has 0 amide bonds. The van der Waals surface area contributed by atoms with Crippen molar-refractivity contribution in [2.75, 3.05) is 0 Å². The molecule has 0 fully saturated rings. The van der Waals surface area contributed by atoms with Gasteiger partial charge in [0, 0.05) is 16.6 Å². The van der Waals surface area contributed by atoms with E-state index >= 15 is 0 Å². The number of rotatable bonds is 4. The molecule has 1 aromatic carbocycles. The molecule has 0 saturated carbocycles. The fraction of sp³-hybridized carbons (Fsp3) is 0.364. The number of Topliss-reactive ketones (excluding diaryl/α,β-unsaturated/α-hetero) is 1. The number of carbonyl (C=O) groups excluding carboxylic acids is 1. The van der Waals surface area contributed by atoms with Crippen LogP contribution in [0, 0.1) is 0 Å². The average molecular weight is 327 g/mol. The highest BCUT2D eigenvalue weighted by Gasteiger charge is 2.29. The van der Waals surface area contributed by atoms with Gasteiger partial charge in [-0.1, -0.05) is 22.0 Å². The highest BCUT2D eigenvalue weighted by Crippen LogP contribution is 2.37. The van der Waals surface area contributed by atoms with E-state index in [-0.39, 0.29) is 28.9 Å². The van der Waals surface area contributed by atoms with Crippen molar-refractivity contribution in [3.8, 4) is 0 Å². The monoisotopic (exact) mass is 326 g/mol. The molecule has 0 aromatic heterocycles. The van der Waals surface area contributed by atoms with Gasteiger partial charge in [0.15, 0.2) is 0 Å². The van der Waals surface area contributed by atoms with E-state index < -0.39 is 5.51 Å². The highest BCUT2D eigenvalue weighted by atomic mass is 79.9. The minimum absolute atomic E-state index is 0.0107. The first-order chi connectivity index (χ1) is 7.81. The van der Waals surface area contributed by atoms with E-state index in [1.54, 1.807) is 6.07 Å². The van der Waals surface area contributed by atoms with Crippen molar-refractivity contribution < 1.29 is 18.0 Å². The van der Waals surface area contributed by atoms with E-state index in [0.717, 1.165) is 11.1 Å². The molecule has 0 N–H and O–H groups in total. The first-order valence-corrected chi connectivity index (χ1v) is 6.68. The Hall–Kier alpha value is -0.490. The van der Waals surface area contributed by atoms with Gasteiger partial charge in [0.1, 0.15) is 5.78 Å². The molecular weight excluding hydrogens is 317 g/mol. The van der Waals surface area contributed by atoms with Crippen LogP contribution in [0.25, 0.3) is 0 Å². The standard InChI is InChI=1S/C11H10BrF3OS/c1-7(16)4-8-2-3-10(5-9(8)6-12)17-11(13,14)15/h2-3,5H,4,6H2,1H3. The Balaban J connectivity index is 2.96. The number of hydrogen-bond acceptors (Lipinski definition) is 2. The molecule has 0 aliphatic carbocycles. The van der Waals surface area contributed by atoms with Crippen molar-refractivity contribution >= 4 is 33.5 Å². The number of halogens is 4. The number of alkyl halides is 4. The van der Waals surface area contributed by atoms with Crippen LogP contribution in [0.4, 0.5) is 13.2 Å². The lowest BCUT2D eigenvalue weighted by Gasteiger charge is -2.10. The summed E-state index contributed by atoms with van der Waals surface area (Å²) in [5.74, 6) is -0.0107. The molecular formula is C11H10BrF3OS. The Kier molecular flexibility index (Phi) is 5.06. The molecule has 0 bridgehead atoms. The summed E-state index contributed by atoms with van der Waals surface area (Å²) in [4.78, 5) is 11.1. The van der Waals surface area contributed by atoms with E-state index in [9.17, 15) is 18.0 Å². The molecule has 0 aliphatic heterocycles. The fourth-order valence-electron chi connectivity index (χ4n) is 1.36. The summed E-state index contributed by atoms with van der Waals surface area (Å²) < 4.78 is 36.6. The topological polar surface area (TPSA) is 17.1 Å². The normalized spacial score (nSPS) is 11.6. The molecule has 0 aliphatic rings. The van der Waals surface area contributed by atoms with Crippen LogP contribution in [-0.2, 0) is 16.5 Å². The van der Waals surface area contributed by atoms with E-state index in [2.05, 4.69) is 15.9 Å². The molecule has 1 nitrogen and oxygen atoms in total. The maximum Gasteiger partial charge on any atom is 0.446 e. The average Bonchev–Trinajstić information content (AvgIpc) is 2.17. The number of benzene rings is 1. The molecule has 1 aromatic rings. The predicted octanol–water partition coefficient (Wildman–Crippen LogP) is 4.32. The van der Waals surface area contributed by atoms with Crippen LogP contribution >= 0.6 is 27.7 Å². The van der Waals surface area contributed by atoms with Crippen LogP contribution in [0.3, 0.4) is 0 Å². The summed E-state index contributed by atoms with van der Waals surface area (Å²) in [5.41, 5.74) is -2.80. The molecule has 17 heavy (non-hydrogen) atoms. The van der Waals surface area contributed by atoms with Crippen molar-refractivity contribution in [3.63, 3.8) is 0 Å². The van der Waals surface area contributed by atoms with Crippen molar-refractivity contribution in [1.82, 2.24) is 0 Å². The molecule has 94 valence electrons. The summed E-state index contributed by atoms with van der Waals surface area (Å²) in [5, 5.41) is 0.432. The van der Waals surface area contributed by atoms with Crippen molar-refractivity contribution in [2.24, 2.45) is 0 Å². The third kappa shape index (κ3) is 5.12. The third-order valence-corrected chi connectivity index (χ3v) is 3.32. The number of ketones is 1. The molecule has 6 heteroatoms. The van der Waals surface area contributed by atoms with Gasteiger partial charge in [-0.25, -0.2) is 0 Å². The van der Waals surface area contributed by atoms with Crippen LogP contribution in [0.1, 0.15) is 18.1 Å². The van der Waals surface area contributed by atoms with E-state index in [1.165, 1.54) is 19.1 Å². The largest absolute Gasteiger partial charge is 0.446 e. The summed E-state index contributed by atoms with van der Waals surface area (Å²) in [6.45, 7) is 1.45. The lowest BCUT2D eigenvalue weighted by atomic mass is 10.0. The van der Waals surface area contributed by atoms with E-state index in [4.69, 9.17) is 0 Å². The zero-order valence-electron chi connectivity index (χ0n) is 8.97. The first kappa shape index (κ1) is 14.6. The SMILES string of the molecule is CC(=O)Cc1ccc(SC(F)(F)F)cc1CBr. The van der Waals surface area contributed by atoms with E-state index in [0.29, 0.717) is 5.33 Å². The lowest BCUT2D eigenvalue weighted by molar-refractivity contribution is -0.116. The summed E-state index contributed by atoms with van der Waals surface area (Å²) in [6.07, 6.45) is 0.248. The zero-order valence-corrected chi connectivity index (χ0v) is 11.4. The zero-order chi connectivity index (χ0) is 13.1. The Morgan fingerprint density at radius 3 is 2.47 bits per heavy atom. The number of carbonyl (C=O) groups is 1. The van der Waals surface area contributed by atoms with Crippen molar-refractivity contribution in [1.29, 1.82) is 0 Å². The van der Waals surface area contributed by atoms with Crippen molar-refractivity contribution in [2.45, 2.75) is 29.1 Å². The van der Waals surface area contributed by atoms with Crippen molar-refractivity contribution in [3.05, 3.63) is 29.3 Å². The van der Waals surface area contributed by atoms with E-state index in [1.807, 2.05) is 0 Å². The molecule has 0 radical (unpaired) electrons. The van der Waals surface area contributed by atoms with Gasteiger partial charge in [-0.3, -0.25) is 4.79 Å². The third-order valence-electron chi connectivity index (χ3n) is 1.99. The van der Waals surface area contributed by atoms with Gasteiger partial charge >= 0.3 is 5.51 Å². The molecule has 0 heterocycles. The minimum Gasteiger partial charge on any atom is -0.300 e. The van der Waals surface area contributed by atoms with Gasteiger partial charge in [0.2, 0.25) is 0 Å². The maximum atomic E-state index is 12.2. The summed E-state index contributed by atoms with van der Waals surface area (Å²) in [6, 6.07) is 4.43. The molecule has 0 unspecified atom stereocenters. The molecule has 1 rings (SSSR count). The second-order valence-electron chi connectivity index (χ2n) is 3.49. The van der Waals surface area contributed by atoms with Crippen LogP contribution < -0.4 is 0 Å². The summed E-state index contributed by atoms with van der Waals surface area (Å²) in [7, 11) is 0. The maximum absolute atomic E-state index is 12.2. The Bertz CT molecular complexity index is 418. The van der Waals surface area contributed by atoms with Gasteiger partial charge < -0.3 is 0 Å². The minimum atomic E-state index is -4.29. The highest BCUT2D eigenvalue weighted by molar-refractivity contribution is 9.08. The van der Waals surface area contributed by atoms with Gasteiger partial charge in [-0.05, 0) is 41.9 Å². The van der Waals surface area contributed by atoms with Crippen LogP contribution in [0.5, 0.6) is 0 Å². The van der Waals surface area contributed by atoms with Gasteiger partial charge in [-0.2, -0.15) is 13.2 Å². The Morgan fingerprint density at radius 2 is 2.00 bits per heavy atom. The molecule has 0 saturated heterocycles. The van der Waals surface area contributed by atoms with Gasteiger partial charge in [0.05, 0.1) is 0 Å². The van der Waals surface area contributed by atoms with Crippen LogP contribution in [0.2, 0.25) is 0 Å². The smallest absolute Gasteiger partial charge is 0.300 e. The quantitative estimate of drug-likeness (QED) is 0.605. The van der Waals surface area contributed by atoms with Gasteiger partial charge in [0.25, 0.3) is 0 Å². The van der Waals surface area contributed by atoms with Crippen LogP contribution in [0.15, 0.2) is 23.1 Å². The molecule has 0 atom stereocenters. The first-order valence-electron chi connectivity index (χ1n) is 4.75. The fourth-order valence-corrected chi connectivity index (χ4v) is 2.49. The van der Waals surface area contributed by atoms with Gasteiger partial charge in [-0.15, -0.1) is 0 Å².